The van der Waals surface area contributed by atoms with Crippen LogP contribution in [0.1, 0.15) is 51.5 Å². The van der Waals surface area contributed by atoms with Gasteiger partial charge in [-0.25, -0.2) is 8.78 Å². The summed E-state index contributed by atoms with van der Waals surface area (Å²) in [6.45, 7) is 5.25. The van der Waals surface area contributed by atoms with Crippen molar-refractivity contribution >= 4 is 15.9 Å². The molecule has 0 radical (unpaired) electrons. The van der Waals surface area contributed by atoms with Gasteiger partial charge in [0.05, 0.1) is 4.47 Å². The van der Waals surface area contributed by atoms with Crippen LogP contribution in [-0.4, -0.2) is 12.6 Å². The molecular formula is C17H24BrF2N. The molecule has 1 aliphatic carbocycles. The van der Waals surface area contributed by atoms with Gasteiger partial charge in [-0.1, -0.05) is 26.7 Å². The van der Waals surface area contributed by atoms with Crippen LogP contribution in [0.3, 0.4) is 0 Å². The Morgan fingerprint density at radius 1 is 1.29 bits per heavy atom. The Morgan fingerprint density at radius 3 is 2.57 bits per heavy atom. The Kier molecular flexibility index (Phi) is 5.78. The highest BCUT2D eigenvalue weighted by Gasteiger charge is 2.37. The molecule has 4 heteroatoms. The highest BCUT2D eigenvalue weighted by molar-refractivity contribution is 9.10. The average molecular weight is 360 g/mol. The van der Waals surface area contributed by atoms with Crippen LogP contribution in [0.5, 0.6) is 0 Å². The average Bonchev–Trinajstić information content (AvgIpc) is 2.90. The molecule has 0 spiro atoms. The molecule has 0 bridgehead atoms. The van der Waals surface area contributed by atoms with E-state index < -0.39 is 11.6 Å². The number of hydrogen-bond donors (Lipinski definition) is 1. The third-order valence-electron chi connectivity index (χ3n) is 4.77. The fourth-order valence-corrected chi connectivity index (χ4v) is 3.75. The molecule has 1 fully saturated rings. The molecule has 1 aromatic carbocycles. The van der Waals surface area contributed by atoms with Crippen molar-refractivity contribution in [3.63, 3.8) is 0 Å². The van der Waals surface area contributed by atoms with E-state index in [0.29, 0.717) is 10.9 Å². The van der Waals surface area contributed by atoms with E-state index in [1.54, 1.807) is 0 Å². The van der Waals surface area contributed by atoms with Crippen molar-refractivity contribution in [2.45, 2.75) is 58.4 Å². The molecule has 118 valence electrons. The lowest BCUT2D eigenvalue weighted by atomic mass is 9.77. The molecule has 0 aliphatic heterocycles. The van der Waals surface area contributed by atoms with Crippen LogP contribution in [0.2, 0.25) is 0 Å². The van der Waals surface area contributed by atoms with Gasteiger partial charge in [0, 0.05) is 11.6 Å². The molecule has 21 heavy (non-hydrogen) atoms. The normalized spacial score (nSPS) is 18.9. The van der Waals surface area contributed by atoms with Gasteiger partial charge in [-0.2, -0.15) is 0 Å². The number of halogens is 3. The second-order valence-electron chi connectivity index (χ2n) is 6.39. The van der Waals surface area contributed by atoms with Gasteiger partial charge >= 0.3 is 0 Å². The molecule has 1 nitrogen and oxygen atoms in total. The highest BCUT2D eigenvalue weighted by Crippen LogP contribution is 2.42. The van der Waals surface area contributed by atoms with Crippen LogP contribution >= 0.6 is 15.9 Å². The number of nitrogens with one attached hydrogen (secondary N) is 1. The van der Waals surface area contributed by atoms with E-state index in [1.807, 2.05) is 0 Å². The second kappa shape index (κ2) is 7.19. The van der Waals surface area contributed by atoms with Gasteiger partial charge in [-0.05, 0) is 65.7 Å². The minimum atomic E-state index is -0.458. The molecule has 1 aliphatic rings. The molecule has 0 saturated heterocycles. The molecule has 1 unspecified atom stereocenters. The molecule has 0 heterocycles. The SMILES string of the molecule is CCCNC(Cc1c(F)ccc(Br)c1F)C1(C)CCCC1. The molecule has 1 N–H and O–H groups in total. The summed E-state index contributed by atoms with van der Waals surface area (Å²) in [6, 6.07) is 2.90. The first-order valence-corrected chi connectivity index (χ1v) is 8.63. The first-order chi connectivity index (χ1) is 9.98. The monoisotopic (exact) mass is 359 g/mol. The fraction of sp³-hybridized carbons (Fsp3) is 0.647. The Hall–Kier alpha value is -0.480. The Bertz CT molecular complexity index is 484. The first kappa shape index (κ1) is 16.9. The molecule has 1 saturated carbocycles. The van der Waals surface area contributed by atoms with Gasteiger partial charge in [-0.3, -0.25) is 0 Å². The lowest BCUT2D eigenvalue weighted by Crippen LogP contribution is -2.44. The number of rotatable bonds is 6. The largest absolute Gasteiger partial charge is 0.313 e. The Morgan fingerprint density at radius 2 is 1.95 bits per heavy atom. The molecule has 0 amide bonds. The zero-order chi connectivity index (χ0) is 15.5. The highest BCUT2D eigenvalue weighted by atomic mass is 79.9. The van der Waals surface area contributed by atoms with E-state index in [0.717, 1.165) is 25.8 Å². The zero-order valence-corrected chi connectivity index (χ0v) is 14.4. The maximum atomic E-state index is 14.2. The lowest BCUT2D eigenvalue weighted by molar-refractivity contribution is 0.217. The van der Waals surface area contributed by atoms with Crippen molar-refractivity contribution in [2.24, 2.45) is 5.41 Å². The van der Waals surface area contributed by atoms with Crippen LogP contribution in [0, 0.1) is 17.0 Å². The molecule has 1 aromatic rings. The van der Waals surface area contributed by atoms with Crippen LogP contribution < -0.4 is 5.32 Å². The fourth-order valence-electron chi connectivity index (χ4n) is 3.37. The minimum absolute atomic E-state index is 0.123. The summed E-state index contributed by atoms with van der Waals surface area (Å²) in [4.78, 5) is 0. The molecule has 0 aromatic heterocycles. The molecule has 2 rings (SSSR count). The maximum Gasteiger partial charge on any atom is 0.143 e. The van der Waals surface area contributed by atoms with Crippen molar-refractivity contribution < 1.29 is 8.78 Å². The zero-order valence-electron chi connectivity index (χ0n) is 12.8. The van der Waals surface area contributed by atoms with Crippen LogP contribution in [-0.2, 0) is 6.42 Å². The Balaban J connectivity index is 2.24. The predicted molar refractivity (Wildman–Crippen MR) is 86.4 cm³/mol. The van der Waals surface area contributed by atoms with E-state index in [-0.39, 0.29) is 17.0 Å². The van der Waals surface area contributed by atoms with Crippen molar-refractivity contribution in [1.82, 2.24) is 5.32 Å². The summed E-state index contributed by atoms with van der Waals surface area (Å²) in [5.74, 6) is -0.902. The standard InChI is InChI=1S/C17H24BrF2N/c1-3-10-21-15(17(2)8-4-5-9-17)11-12-14(19)7-6-13(18)16(12)20/h6-7,15,21H,3-5,8-11H2,1-2H3. The lowest BCUT2D eigenvalue weighted by Gasteiger charge is -2.35. The summed E-state index contributed by atoms with van der Waals surface area (Å²) >= 11 is 3.16. The summed E-state index contributed by atoms with van der Waals surface area (Å²) in [5, 5.41) is 3.53. The van der Waals surface area contributed by atoms with Crippen molar-refractivity contribution in [3.05, 3.63) is 33.8 Å². The van der Waals surface area contributed by atoms with Crippen LogP contribution in [0.4, 0.5) is 8.78 Å². The first-order valence-electron chi connectivity index (χ1n) is 7.83. The van der Waals surface area contributed by atoms with E-state index in [9.17, 15) is 8.78 Å². The van der Waals surface area contributed by atoms with Crippen molar-refractivity contribution in [1.29, 1.82) is 0 Å². The molecular weight excluding hydrogens is 336 g/mol. The van der Waals surface area contributed by atoms with Gasteiger partial charge in [0.25, 0.3) is 0 Å². The third kappa shape index (κ3) is 3.84. The van der Waals surface area contributed by atoms with Gasteiger partial charge in [-0.15, -0.1) is 0 Å². The van der Waals surface area contributed by atoms with E-state index >= 15 is 0 Å². The summed E-state index contributed by atoms with van der Waals surface area (Å²) in [6.07, 6.45) is 6.12. The second-order valence-corrected chi connectivity index (χ2v) is 7.25. The smallest absolute Gasteiger partial charge is 0.143 e. The summed E-state index contributed by atoms with van der Waals surface area (Å²) in [7, 11) is 0. The Labute approximate surface area is 134 Å². The third-order valence-corrected chi connectivity index (χ3v) is 5.39. The van der Waals surface area contributed by atoms with Gasteiger partial charge in [0.1, 0.15) is 11.6 Å². The minimum Gasteiger partial charge on any atom is -0.313 e. The van der Waals surface area contributed by atoms with Crippen LogP contribution in [0.15, 0.2) is 16.6 Å². The van der Waals surface area contributed by atoms with Crippen molar-refractivity contribution in [3.8, 4) is 0 Å². The van der Waals surface area contributed by atoms with E-state index in [1.165, 1.54) is 25.0 Å². The van der Waals surface area contributed by atoms with E-state index in [2.05, 4.69) is 35.1 Å². The van der Waals surface area contributed by atoms with Gasteiger partial charge in [0.15, 0.2) is 0 Å². The van der Waals surface area contributed by atoms with Gasteiger partial charge < -0.3 is 5.32 Å². The van der Waals surface area contributed by atoms with Gasteiger partial charge in [0.2, 0.25) is 0 Å². The number of benzene rings is 1. The maximum absolute atomic E-state index is 14.2. The predicted octanol–water partition coefficient (Wildman–Crippen LogP) is 5.22. The molecule has 1 atom stereocenters. The van der Waals surface area contributed by atoms with Crippen molar-refractivity contribution in [2.75, 3.05) is 6.54 Å². The van der Waals surface area contributed by atoms with Crippen LogP contribution in [0.25, 0.3) is 0 Å². The van der Waals surface area contributed by atoms with E-state index in [4.69, 9.17) is 0 Å². The summed E-state index contributed by atoms with van der Waals surface area (Å²) in [5.41, 5.74) is 0.335. The topological polar surface area (TPSA) is 12.0 Å². The summed E-state index contributed by atoms with van der Waals surface area (Å²) < 4.78 is 28.6. The quantitative estimate of drug-likeness (QED) is 0.686. The number of hydrogen-bond acceptors (Lipinski definition) is 1.